The number of hydrogen-bond acceptors (Lipinski definition) is 5. The molecule has 1 aliphatic rings. The maximum Gasteiger partial charge on any atom is 0.250 e. The molecule has 1 amide bonds. The molecule has 110 valence electrons. The highest BCUT2D eigenvalue weighted by atomic mass is 16.2. The Balaban J connectivity index is 1.74. The van der Waals surface area contributed by atoms with Gasteiger partial charge in [-0.1, -0.05) is 0 Å². The van der Waals surface area contributed by atoms with Gasteiger partial charge in [0.05, 0.1) is 5.69 Å². The first-order valence-corrected chi connectivity index (χ1v) is 6.92. The Hall–Kier alpha value is -2.44. The molecule has 1 atom stereocenters. The predicted molar refractivity (Wildman–Crippen MR) is 79.1 cm³/mol. The molecule has 2 aromatic heterocycles. The summed E-state index contributed by atoms with van der Waals surface area (Å²) in [5, 5.41) is 7.39. The van der Waals surface area contributed by atoms with E-state index in [4.69, 9.17) is 0 Å². The molecular weight excluding hydrogens is 268 g/mol. The third-order valence-corrected chi connectivity index (χ3v) is 3.54. The van der Waals surface area contributed by atoms with E-state index in [1.807, 2.05) is 27.0 Å². The molecule has 21 heavy (non-hydrogen) atoms. The average Bonchev–Trinajstić information content (AvgIpc) is 2.96. The van der Waals surface area contributed by atoms with Crippen molar-refractivity contribution in [3.8, 4) is 0 Å². The minimum Gasteiger partial charge on any atom is -0.342 e. The van der Waals surface area contributed by atoms with Crippen LogP contribution in [0.1, 0.15) is 17.7 Å². The Kier molecular flexibility index (Phi) is 3.32. The zero-order valence-corrected chi connectivity index (χ0v) is 12.4. The lowest BCUT2D eigenvalue weighted by Gasteiger charge is -2.16. The van der Waals surface area contributed by atoms with Gasteiger partial charge < -0.3 is 5.32 Å². The number of nitrogens with zero attached hydrogens (tertiary/aromatic N) is 5. The number of nitrogens with one attached hydrogen (secondary N) is 1. The van der Waals surface area contributed by atoms with Crippen molar-refractivity contribution in [2.75, 3.05) is 16.8 Å². The summed E-state index contributed by atoms with van der Waals surface area (Å²) < 4.78 is 1.73. The van der Waals surface area contributed by atoms with E-state index in [0.29, 0.717) is 12.5 Å². The number of carbonyl (C=O) groups excluding carboxylic acids is 1. The maximum absolute atomic E-state index is 12.5. The van der Waals surface area contributed by atoms with E-state index >= 15 is 0 Å². The van der Waals surface area contributed by atoms with Crippen molar-refractivity contribution in [2.45, 2.75) is 26.3 Å². The first-order chi connectivity index (χ1) is 10.0. The van der Waals surface area contributed by atoms with Crippen molar-refractivity contribution < 1.29 is 4.79 Å². The molecule has 3 rings (SSSR count). The summed E-state index contributed by atoms with van der Waals surface area (Å²) in [7, 11) is 1.85. The fraction of sp³-hybridized carbons (Fsp3) is 0.429. The zero-order chi connectivity index (χ0) is 15.0. The molecule has 0 spiro atoms. The van der Waals surface area contributed by atoms with Crippen LogP contribution in [0.25, 0.3) is 0 Å². The van der Waals surface area contributed by atoms with Gasteiger partial charge in [-0.15, -0.1) is 0 Å². The van der Waals surface area contributed by atoms with Crippen LogP contribution in [0.2, 0.25) is 0 Å². The monoisotopic (exact) mass is 286 g/mol. The summed E-state index contributed by atoms with van der Waals surface area (Å²) in [5.74, 6) is 1.34. The van der Waals surface area contributed by atoms with E-state index in [9.17, 15) is 4.79 Å². The van der Waals surface area contributed by atoms with Gasteiger partial charge >= 0.3 is 0 Å². The maximum atomic E-state index is 12.5. The van der Waals surface area contributed by atoms with E-state index < -0.39 is 0 Å². The lowest BCUT2D eigenvalue weighted by Crippen LogP contribution is -2.34. The first-order valence-electron chi connectivity index (χ1n) is 6.92. The second kappa shape index (κ2) is 5.16. The van der Waals surface area contributed by atoms with Crippen LogP contribution in [0, 0.1) is 13.8 Å². The van der Waals surface area contributed by atoms with Gasteiger partial charge in [-0.25, -0.2) is 9.97 Å². The summed E-state index contributed by atoms with van der Waals surface area (Å²) in [4.78, 5) is 22.6. The van der Waals surface area contributed by atoms with Crippen LogP contribution in [0.15, 0.2) is 18.5 Å². The highest BCUT2D eigenvalue weighted by Crippen LogP contribution is 2.23. The van der Waals surface area contributed by atoms with Crippen LogP contribution < -0.4 is 10.2 Å². The summed E-state index contributed by atoms with van der Waals surface area (Å²) in [6, 6.07) is 1.63. The topological polar surface area (TPSA) is 75.9 Å². The molecule has 0 saturated carbocycles. The average molecular weight is 286 g/mol. The SMILES string of the molecule is Cc1cnc(NC2CCN(c3cc(C)nn3C)C2=O)nc1. The smallest absolute Gasteiger partial charge is 0.250 e. The van der Waals surface area contributed by atoms with Crippen LogP contribution in [-0.2, 0) is 11.8 Å². The summed E-state index contributed by atoms with van der Waals surface area (Å²) >= 11 is 0. The molecule has 7 heteroatoms. The van der Waals surface area contributed by atoms with Gasteiger partial charge in [-0.05, 0) is 25.8 Å². The quantitative estimate of drug-likeness (QED) is 0.912. The highest BCUT2D eigenvalue weighted by molar-refractivity contribution is 6.00. The van der Waals surface area contributed by atoms with Crippen LogP contribution >= 0.6 is 0 Å². The van der Waals surface area contributed by atoms with Crippen molar-refractivity contribution in [3.63, 3.8) is 0 Å². The van der Waals surface area contributed by atoms with E-state index in [1.165, 1.54) is 0 Å². The molecule has 1 unspecified atom stereocenters. The largest absolute Gasteiger partial charge is 0.342 e. The molecule has 3 heterocycles. The van der Waals surface area contributed by atoms with Crippen LogP contribution in [0.5, 0.6) is 0 Å². The fourth-order valence-electron chi connectivity index (χ4n) is 2.51. The minimum atomic E-state index is -0.289. The third kappa shape index (κ3) is 2.58. The number of carbonyl (C=O) groups is 1. The number of aryl methyl sites for hydroxylation is 3. The molecule has 0 bridgehead atoms. The fourth-order valence-corrected chi connectivity index (χ4v) is 2.51. The number of hydrogen-bond donors (Lipinski definition) is 1. The lowest BCUT2D eigenvalue weighted by atomic mass is 10.2. The highest BCUT2D eigenvalue weighted by Gasteiger charge is 2.34. The summed E-state index contributed by atoms with van der Waals surface area (Å²) in [5.41, 5.74) is 1.89. The Morgan fingerprint density at radius 1 is 1.29 bits per heavy atom. The molecular formula is C14H18N6O. The number of aromatic nitrogens is 4. The molecule has 1 aliphatic heterocycles. The predicted octanol–water partition coefficient (Wildman–Crippen LogP) is 1.04. The molecule has 2 aromatic rings. The van der Waals surface area contributed by atoms with Gasteiger partial charge in [0.25, 0.3) is 5.91 Å². The van der Waals surface area contributed by atoms with Crippen molar-refractivity contribution in [3.05, 3.63) is 29.7 Å². The second-order valence-electron chi connectivity index (χ2n) is 5.33. The minimum absolute atomic E-state index is 0.0298. The standard InChI is InChI=1S/C14H18N6O/c1-9-7-15-14(16-8-9)17-11-4-5-20(13(11)21)12-6-10(2)18-19(12)3/h6-8,11H,4-5H2,1-3H3,(H,15,16,17). The van der Waals surface area contributed by atoms with Gasteiger partial charge in [0.1, 0.15) is 11.9 Å². The summed E-state index contributed by atoms with van der Waals surface area (Å²) in [6.07, 6.45) is 4.19. The Bertz CT molecular complexity index is 663. The van der Waals surface area contributed by atoms with Crippen molar-refractivity contribution in [2.24, 2.45) is 7.05 Å². The molecule has 1 saturated heterocycles. The molecule has 0 aromatic carbocycles. The van der Waals surface area contributed by atoms with Crippen LogP contribution in [-0.4, -0.2) is 38.2 Å². The Morgan fingerprint density at radius 3 is 2.62 bits per heavy atom. The van der Waals surface area contributed by atoms with Crippen molar-refractivity contribution in [1.29, 1.82) is 0 Å². The number of anilines is 2. The second-order valence-corrected chi connectivity index (χ2v) is 5.33. The van der Waals surface area contributed by atoms with E-state index in [-0.39, 0.29) is 11.9 Å². The zero-order valence-electron chi connectivity index (χ0n) is 12.4. The molecule has 0 radical (unpaired) electrons. The van der Waals surface area contributed by atoms with Gasteiger partial charge in [0.15, 0.2) is 0 Å². The number of amides is 1. The molecule has 1 fully saturated rings. The molecule has 0 aliphatic carbocycles. The van der Waals surface area contributed by atoms with E-state index in [2.05, 4.69) is 20.4 Å². The van der Waals surface area contributed by atoms with Gasteiger partial charge in [-0.3, -0.25) is 14.4 Å². The third-order valence-electron chi connectivity index (χ3n) is 3.54. The van der Waals surface area contributed by atoms with Gasteiger partial charge in [0, 0.05) is 32.1 Å². The Labute approximate surface area is 123 Å². The first kappa shape index (κ1) is 13.5. The van der Waals surface area contributed by atoms with Crippen LogP contribution in [0.4, 0.5) is 11.8 Å². The lowest BCUT2D eigenvalue weighted by molar-refractivity contribution is -0.117. The molecule has 1 N–H and O–H groups in total. The normalized spacial score (nSPS) is 18.3. The van der Waals surface area contributed by atoms with Gasteiger partial charge in [-0.2, -0.15) is 5.10 Å². The number of rotatable bonds is 3. The van der Waals surface area contributed by atoms with Crippen LogP contribution in [0.3, 0.4) is 0 Å². The van der Waals surface area contributed by atoms with Crippen molar-refractivity contribution >= 4 is 17.7 Å². The Morgan fingerprint density at radius 2 is 2.00 bits per heavy atom. The molecule has 7 nitrogen and oxygen atoms in total. The van der Waals surface area contributed by atoms with E-state index in [0.717, 1.165) is 23.5 Å². The summed E-state index contributed by atoms with van der Waals surface area (Å²) in [6.45, 7) is 4.51. The van der Waals surface area contributed by atoms with Gasteiger partial charge in [0.2, 0.25) is 5.95 Å². The van der Waals surface area contributed by atoms with Crippen molar-refractivity contribution in [1.82, 2.24) is 19.7 Å². The van der Waals surface area contributed by atoms with E-state index in [1.54, 1.807) is 22.0 Å².